The van der Waals surface area contributed by atoms with Gasteiger partial charge in [0, 0.05) is 5.56 Å². The number of aromatic nitrogens is 4. The fourth-order valence-electron chi connectivity index (χ4n) is 1.45. The van der Waals surface area contributed by atoms with Crippen molar-refractivity contribution in [3.8, 4) is 17.1 Å². The van der Waals surface area contributed by atoms with E-state index in [2.05, 4.69) is 15.4 Å². The largest absolute Gasteiger partial charge is 0.497 e. The summed E-state index contributed by atoms with van der Waals surface area (Å²) >= 11 is 0. The molecular weight excluding hydrogens is 218 g/mol. The minimum atomic E-state index is 0.598. The number of nitrogens with two attached hydrogens (primary N) is 1. The number of tetrazole rings is 1. The Morgan fingerprint density at radius 2 is 2.29 bits per heavy atom. The second-order valence-corrected chi connectivity index (χ2v) is 3.58. The second-order valence-electron chi connectivity index (χ2n) is 3.58. The molecular formula is C11H15N5O. The van der Waals surface area contributed by atoms with E-state index in [1.807, 2.05) is 24.3 Å². The molecule has 17 heavy (non-hydrogen) atoms. The first-order chi connectivity index (χ1) is 8.33. The van der Waals surface area contributed by atoms with Crippen molar-refractivity contribution in [2.24, 2.45) is 5.73 Å². The van der Waals surface area contributed by atoms with E-state index in [0.29, 0.717) is 18.9 Å². The smallest absolute Gasteiger partial charge is 0.205 e. The maximum absolute atomic E-state index is 5.43. The summed E-state index contributed by atoms with van der Waals surface area (Å²) in [6.45, 7) is 1.31. The summed E-state index contributed by atoms with van der Waals surface area (Å²) < 4.78 is 5.15. The zero-order valence-corrected chi connectivity index (χ0v) is 9.71. The molecule has 90 valence electrons. The predicted molar refractivity (Wildman–Crippen MR) is 63.5 cm³/mol. The van der Waals surface area contributed by atoms with Gasteiger partial charge in [0.25, 0.3) is 0 Å². The highest BCUT2D eigenvalue weighted by Gasteiger charge is 2.06. The van der Waals surface area contributed by atoms with Crippen LogP contribution in [-0.4, -0.2) is 33.9 Å². The molecule has 0 aliphatic rings. The lowest BCUT2D eigenvalue weighted by Gasteiger charge is -2.00. The maximum atomic E-state index is 5.43. The SMILES string of the molecule is COc1cccc(-c2nnn(CCCN)n2)c1. The molecule has 0 bridgehead atoms. The van der Waals surface area contributed by atoms with Crippen LogP contribution in [-0.2, 0) is 6.54 Å². The Hall–Kier alpha value is -1.95. The zero-order chi connectivity index (χ0) is 12.1. The first kappa shape index (κ1) is 11.5. The summed E-state index contributed by atoms with van der Waals surface area (Å²) in [5, 5.41) is 12.2. The summed E-state index contributed by atoms with van der Waals surface area (Å²) in [4.78, 5) is 1.56. The van der Waals surface area contributed by atoms with Gasteiger partial charge in [-0.2, -0.15) is 4.80 Å². The molecule has 2 aromatic rings. The van der Waals surface area contributed by atoms with Crippen LogP contribution in [0.1, 0.15) is 6.42 Å². The summed E-state index contributed by atoms with van der Waals surface area (Å²) in [5.41, 5.74) is 6.32. The van der Waals surface area contributed by atoms with E-state index in [1.165, 1.54) is 0 Å². The van der Waals surface area contributed by atoms with Gasteiger partial charge in [-0.1, -0.05) is 12.1 Å². The lowest BCUT2D eigenvalue weighted by Crippen LogP contribution is -2.08. The minimum Gasteiger partial charge on any atom is -0.497 e. The number of methoxy groups -OCH3 is 1. The number of ether oxygens (including phenoxy) is 1. The summed E-state index contributed by atoms with van der Waals surface area (Å²) in [6.07, 6.45) is 0.841. The minimum absolute atomic E-state index is 0.598. The van der Waals surface area contributed by atoms with E-state index in [-0.39, 0.29) is 0 Å². The Morgan fingerprint density at radius 1 is 1.41 bits per heavy atom. The zero-order valence-electron chi connectivity index (χ0n) is 9.71. The average Bonchev–Trinajstić information content (AvgIpc) is 2.85. The number of hydrogen-bond acceptors (Lipinski definition) is 5. The van der Waals surface area contributed by atoms with Gasteiger partial charge in [-0.05, 0) is 30.3 Å². The molecule has 0 unspecified atom stereocenters. The van der Waals surface area contributed by atoms with Crippen molar-refractivity contribution in [3.05, 3.63) is 24.3 Å². The summed E-state index contributed by atoms with van der Waals surface area (Å²) in [6, 6.07) is 7.58. The summed E-state index contributed by atoms with van der Waals surface area (Å²) in [5.74, 6) is 1.38. The van der Waals surface area contributed by atoms with E-state index < -0.39 is 0 Å². The van der Waals surface area contributed by atoms with Gasteiger partial charge in [-0.3, -0.25) is 0 Å². The van der Waals surface area contributed by atoms with Gasteiger partial charge in [0.2, 0.25) is 5.82 Å². The van der Waals surface area contributed by atoms with E-state index in [4.69, 9.17) is 10.5 Å². The van der Waals surface area contributed by atoms with Crippen molar-refractivity contribution >= 4 is 0 Å². The highest BCUT2D eigenvalue weighted by molar-refractivity contribution is 5.56. The quantitative estimate of drug-likeness (QED) is 0.822. The van der Waals surface area contributed by atoms with Crippen LogP contribution in [0.25, 0.3) is 11.4 Å². The molecule has 0 saturated heterocycles. The van der Waals surface area contributed by atoms with Gasteiger partial charge >= 0.3 is 0 Å². The normalized spacial score (nSPS) is 10.5. The number of hydrogen-bond donors (Lipinski definition) is 1. The fraction of sp³-hybridized carbons (Fsp3) is 0.364. The molecule has 2 rings (SSSR count). The molecule has 0 saturated carbocycles. The molecule has 2 N–H and O–H groups in total. The van der Waals surface area contributed by atoms with Gasteiger partial charge in [0.05, 0.1) is 13.7 Å². The first-order valence-electron chi connectivity index (χ1n) is 5.46. The number of rotatable bonds is 5. The Labute approximate surface area is 99.4 Å². The fourth-order valence-corrected chi connectivity index (χ4v) is 1.45. The molecule has 0 amide bonds. The van der Waals surface area contributed by atoms with Crippen LogP contribution in [0.4, 0.5) is 0 Å². The number of aryl methyl sites for hydroxylation is 1. The Balaban J connectivity index is 2.18. The predicted octanol–water partition coefficient (Wildman–Crippen LogP) is 0.697. The highest BCUT2D eigenvalue weighted by Crippen LogP contribution is 2.19. The average molecular weight is 233 g/mol. The maximum Gasteiger partial charge on any atom is 0.205 e. The topological polar surface area (TPSA) is 78.9 Å². The van der Waals surface area contributed by atoms with Crippen LogP contribution in [0.5, 0.6) is 5.75 Å². The molecule has 1 aromatic carbocycles. The second kappa shape index (κ2) is 5.40. The van der Waals surface area contributed by atoms with Gasteiger partial charge < -0.3 is 10.5 Å². The standard InChI is InChI=1S/C11H15N5O/c1-17-10-5-2-4-9(8-10)11-13-15-16(14-11)7-3-6-12/h2,4-5,8H,3,6-7,12H2,1H3. The first-order valence-corrected chi connectivity index (χ1v) is 5.46. The van der Waals surface area contributed by atoms with Crippen LogP contribution < -0.4 is 10.5 Å². The van der Waals surface area contributed by atoms with Crippen molar-refractivity contribution in [2.45, 2.75) is 13.0 Å². The third-order valence-corrected chi connectivity index (χ3v) is 2.34. The number of benzene rings is 1. The van der Waals surface area contributed by atoms with Gasteiger partial charge in [-0.25, -0.2) is 0 Å². The van der Waals surface area contributed by atoms with Crippen LogP contribution >= 0.6 is 0 Å². The molecule has 1 heterocycles. The molecule has 1 aromatic heterocycles. The third kappa shape index (κ3) is 2.79. The highest BCUT2D eigenvalue weighted by atomic mass is 16.5. The van der Waals surface area contributed by atoms with Crippen molar-refractivity contribution < 1.29 is 4.74 Å². The Bertz CT molecular complexity index is 482. The lowest BCUT2D eigenvalue weighted by atomic mass is 10.2. The van der Waals surface area contributed by atoms with Crippen LogP contribution in [0, 0.1) is 0 Å². The van der Waals surface area contributed by atoms with Crippen LogP contribution in [0.3, 0.4) is 0 Å². The Morgan fingerprint density at radius 3 is 3.06 bits per heavy atom. The summed E-state index contributed by atoms with van der Waals surface area (Å²) in [7, 11) is 1.63. The van der Waals surface area contributed by atoms with Gasteiger partial charge in [0.15, 0.2) is 0 Å². The van der Waals surface area contributed by atoms with Crippen LogP contribution in [0.2, 0.25) is 0 Å². The molecule has 0 aliphatic carbocycles. The molecule has 0 aliphatic heterocycles. The molecule has 0 atom stereocenters. The molecule has 0 fully saturated rings. The van der Waals surface area contributed by atoms with Crippen LogP contribution in [0.15, 0.2) is 24.3 Å². The van der Waals surface area contributed by atoms with E-state index in [1.54, 1.807) is 11.9 Å². The van der Waals surface area contributed by atoms with Crippen molar-refractivity contribution in [1.29, 1.82) is 0 Å². The van der Waals surface area contributed by atoms with Gasteiger partial charge in [0.1, 0.15) is 5.75 Å². The van der Waals surface area contributed by atoms with Crippen molar-refractivity contribution in [3.63, 3.8) is 0 Å². The molecule has 0 spiro atoms. The molecule has 0 radical (unpaired) electrons. The Kier molecular flexibility index (Phi) is 3.66. The van der Waals surface area contributed by atoms with Gasteiger partial charge in [-0.15, -0.1) is 10.2 Å². The monoisotopic (exact) mass is 233 g/mol. The number of nitrogens with zero attached hydrogens (tertiary/aromatic N) is 4. The third-order valence-electron chi connectivity index (χ3n) is 2.34. The lowest BCUT2D eigenvalue weighted by molar-refractivity contribution is 0.415. The van der Waals surface area contributed by atoms with Crippen molar-refractivity contribution in [1.82, 2.24) is 20.2 Å². The molecule has 6 nitrogen and oxygen atoms in total. The van der Waals surface area contributed by atoms with E-state index in [9.17, 15) is 0 Å². The van der Waals surface area contributed by atoms with E-state index in [0.717, 1.165) is 17.7 Å². The van der Waals surface area contributed by atoms with E-state index >= 15 is 0 Å². The molecule has 6 heteroatoms. The van der Waals surface area contributed by atoms with Crippen molar-refractivity contribution in [2.75, 3.05) is 13.7 Å².